The van der Waals surface area contributed by atoms with E-state index in [1.807, 2.05) is 37.3 Å². The summed E-state index contributed by atoms with van der Waals surface area (Å²) in [5.74, 6) is -0.756. The molecule has 0 saturated carbocycles. The molecule has 3 saturated heterocycles. The Kier molecular flexibility index (Phi) is 6.72. The molecule has 3 fully saturated rings. The van der Waals surface area contributed by atoms with Gasteiger partial charge >= 0.3 is 6.03 Å². The predicted octanol–water partition coefficient (Wildman–Crippen LogP) is 3.01. The van der Waals surface area contributed by atoms with Crippen LogP contribution in [0.2, 0.25) is 0 Å². The van der Waals surface area contributed by atoms with Crippen LogP contribution in [0, 0.1) is 0 Å². The highest BCUT2D eigenvalue weighted by Crippen LogP contribution is 2.37. The van der Waals surface area contributed by atoms with Gasteiger partial charge < -0.3 is 0 Å². The van der Waals surface area contributed by atoms with Gasteiger partial charge in [0.1, 0.15) is 0 Å². The first kappa shape index (κ1) is 22.0. The third kappa shape index (κ3) is 4.13. The molecular formula is C24H34N4O3. The molecule has 0 radical (unpaired) electrons. The molecule has 0 spiro atoms. The van der Waals surface area contributed by atoms with Crippen molar-refractivity contribution >= 4 is 17.8 Å². The van der Waals surface area contributed by atoms with Gasteiger partial charge in [0.25, 0.3) is 11.8 Å². The molecule has 0 bridgehead atoms. The van der Waals surface area contributed by atoms with Crippen LogP contribution in [0.1, 0.15) is 57.4 Å². The molecular weight excluding hydrogens is 392 g/mol. The number of urea groups is 1. The van der Waals surface area contributed by atoms with Crippen molar-refractivity contribution < 1.29 is 14.4 Å². The van der Waals surface area contributed by atoms with Crippen LogP contribution in [0.15, 0.2) is 30.3 Å². The molecule has 31 heavy (non-hydrogen) atoms. The van der Waals surface area contributed by atoms with Crippen molar-refractivity contribution in [2.45, 2.75) is 57.3 Å². The van der Waals surface area contributed by atoms with Gasteiger partial charge in [0.05, 0.1) is 13.3 Å². The quantitative estimate of drug-likeness (QED) is 0.655. The fourth-order valence-electron chi connectivity index (χ4n) is 5.20. The zero-order valence-corrected chi connectivity index (χ0v) is 18.6. The number of imide groups is 2. The van der Waals surface area contributed by atoms with Gasteiger partial charge in [0.2, 0.25) is 0 Å². The van der Waals surface area contributed by atoms with Crippen LogP contribution in [-0.4, -0.2) is 77.0 Å². The van der Waals surface area contributed by atoms with E-state index in [9.17, 15) is 14.4 Å². The highest BCUT2D eigenvalue weighted by molar-refractivity contribution is 6.22. The molecule has 0 atom stereocenters. The van der Waals surface area contributed by atoms with Gasteiger partial charge in [-0.05, 0) is 63.8 Å². The Balaban J connectivity index is 1.70. The highest BCUT2D eigenvalue weighted by Gasteiger charge is 2.57. The third-order valence-electron chi connectivity index (χ3n) is 7.06. The average Bonchev–Trinajstić information content (AvgIpc) is 2.82. The Morgan fingerprint density at radius 2 is 1.16 bits per heavy atom. The lowest BCUT2D eigenvalue weighted by Gasteiger charge is -2.46. The maximum absolute atomic E-state index is 13.8. The number of amides is 4. The molecule has 0 aromatic heterocycles. The lowest BCUT2D eigenvalue weighted by molar-refractivity contribution is -0.155. The molecule has 4 amide bonds. The smallest absolute Gasteiger partial charge is 0.286 e. The minimum Gasteiger partial charge on any atom is -0.286 e. The molecule has 1 aromatic rings. The minimum atomic E-state index is -1.35. The summed E-state index contributed by atoms with van der Waals surface area (Å²) in [6.45, 7) is 5.90. The van der Waals surface area contributed by atoms with Crippen molar-refractivity contribution in [1.29, 1.82) is 0 Å². The second-order valence-electron chi connectivity index (χ2n) is 9.01. The predicted molar refractivity (Wildman–Crippen MR) is 118 cm³/mol. The molecule has 0 aliphatic carbocycles. The van der Waals surface area contributed by atoms with E-state index in [1.165, 1.54) is 22.6 Å². The Bertz CT molecular complexity index is 758. The number of likely N-dealkylation sites (tertiary alicyclic amines) is 2. The minimum absolute atomic E-state index is 0.260. The molecule has 7 nitrogen and oxygen atoms in total. The lowest BCUT2D eigenvalue weighted by Crippen LogP contribution is -2.69. The summed E-state index contributed by atoms with van der Waals surface area (Å²) in [4.78, 5) is 48.2. The first-order valence-electron chi connectivity index (χ1n) is 11.8. The zero-order chi connectivity index (χ0) is 21.8. The van der Waals surface area contributed by atoms with Gasteiger partial charge in [-0.15, -0.1) is 0 Å². The normalized spacial score (nSPS) is 23.5. The van der Waals surface area contributed by atoms with E-state index in [2.05, 4.69) is 9.80 Å². The van der Waals surface area contributed by atoms with Crippen LogP contribution >= 0.6 is 0 Å². The van der Waals surface area contributed by atoms with E-state index < -0.39 is 11.4 Å². The Labute approximate surface area is 185 Å². The number of nitrogens with zero attached hydrogens (tertiary/aromatic N) is 4. The Hall–Kier alpha value is -2.25. The third-order valence-corrected chi connectivity index (χ3v) is 7.06. The van der Waals surface area contributed by atoms with Crippen LogP contribution in [-0.2, 0) is 15.0 Å². The standard InChI is InChI=1S/C24H34N4O3/c1-2-24(20-12-6-3-7-13-20)21(29)27(18-25-14-8-4-9-15-25)23(31)28(22(24)30)19-26-16-10-5-11-17-26/h3,6-7,12-13H,2,4-5,8-11,14-19H2,1H3. The molecule has 168 valence electrons. The number of hydrogen-bond acceptors (Lipinski definition) is 5. The summed E-state index contributed by atoms with van der Waals surface area (Å²) in [6, 6.07) is 8.81. The van der Waals surface area contributed by atoms with Gasteiger partial charge in [-0.2, -0.15) is 0 Å². The second-order valence-corrected chi connectivity index (χ2v) is 9.01. The average molecular weight is 427 g/mol. The van der Waals surface area contributed by atoms with Crippen LogP contribution in [0.4, 0.5) is 4.79 Å². The number of hydrogen-bond donors (Lipinski definition) is 0. The van der Waals surface area contributed by atoms with Gasteiger partial charge in [0.15, 0.2) is 5.41 Å². The molecule has 0 unspecified atom stereocenters. The number of carbonyl (C=O) groups is 3. The lowest BCUT2D eigenvalue weighted by atomic mass is 9.74. The highest BCUT2D eigenvalue weighted by atomic mass is 16.2. The Morgan fingerprint density at radius 1 is 0.710 bits per heavy atom. The molecule has 0 N–H and O–H groups in total. The van der Waals surface area contributed by atoms with E-state index >= 15 is 0 Å². The van der Waals surface area contributed by atoms with Gasteiger partial charge in [-0.1, -0.05) is 50.1 Å². The fourth-order valence-corrected chi connectivity index (χ4v) is 5.20. The van der Waals surface area contributed by atoms with Gasteiger partial charge in [-0.25, -0.2) is 14.6 Å². The van der Waals surface area contributed by atoms with Crippen molar-refractivity contribution in [1.82, 2.24) is 19.6 Å². The summed E-state index contributed by atoms with van der Waals surface area (Å²) in [5, 5.41) is 0. The van der Waals surface area contributed by atoms with Gasteiger partial charge in [0, 0.05) is 0 Å². The summed E-state index contributed by atoms with van der Waals surface area (Å²) >= 11 is 0. The van der Waals surface area contributed by atoms with Crippen LogP contribution in [0.25, 0.3) is 0 Å². The van der Waals surface area contributed by atoms with Crippen molar-refractivity contribution in [2.24, 2.45) is 0 Å². The summed E-state index contributed by atoms with van der Waals surface area (Å²) < 4.78 is 0. The monoisotopic (exact) mass is 426 g/mol. The molecule has 3 aliphatic heterocycles. The van der Waals surface area contributed by atoms with Crippen LogP contribution in [0.5, 0.6) is 0 Å². The van der Waals surface area contributed by atoms with E-state index in [-0.39, 0.29) is 25.2 Å². The second kappa shape index (κ2) is 9.49. The van der Waals surface area contributed by atoms with Crippen LogP contribution < -0.4 is 0 Å². The number of rotatable bonds is 6. The van der Waals surface area contributed by atoms with Crippen LogP contribution in [0.3, 0.4) is 0 Å². The van der Waals surface area contributed by atoms with E-state index in [1.54, 1.807) is 0 Å². The van der Waals surface area contributed by atoms with Crippen molar-refractivity contribution in [3.05, 3.63) is 35.9 Å². The Morgan fingerprint density at radius 3 is 1.58 bits per heavy atom. The maximum Gasteiger partial charge on any atom is 0.335 e. The van der Waals surface area contributed by atoms with Crippen molar-refractivity contribution in [3.8, 4) is 0 Å². The zero-order valence-electron chi connectivity index (χ0n) is 18.6. The number of barbiturate groups is 1. The van der Waals surface area contributed by atoms with E-state index in [0.29, 0.717) is 12.0 Å². The number of piperidine rings is 2. The van der Waals surface area contributed by atoms with Gasteiger partial charge in [-0.3, -0.25) is 19.4 Å². The molecule has 4 rings (SSSR count). The SMILES string of the molecule is CCC1(c2ccccc2)C(=O)N(CN2CCCCC2)C(=O)N(CN2CCCCC2)C1=O. The molecule has 7 heteroatoms. The molecule has 3 aliphatic rings. The van der Waals surface area contributed by atoms with E-state index in [0.717, 1.165) is 51.9 Å². The summed E-state index contributed by atoms with van der Waals surface area (Å²) in [7, 11) is 0. The largest absolute Gasteiger partial charge is 0.335 e. The number of carbonyl (C=O) groups excluding carboxylic acids is 3. The molecule has 1 aromatic carbocycles. The van der Waals surface area contributed by atoms with Crippen molar-refractivity contribution in [2.75, 3.05) is 39.5 Å². The fraction of sp³-hybridized carbons (Fsp3) is 0.625. The first-order valence-corrected chi connectivity index (χ1v) is 11.8. The summed E-state index contributed by atoms with van der Waals surface area (Å²) in [5.41, 5.74) is -0.673. The van der Waals surface area contributed by atoms with E-state index in [4.69, 9.17) is 0 Å². The van der Waals surface area contributed by atoms with Crippen molar-refractivity contribution in [3.63, 3.8) is 0 Å². The first-order chi connectivity index (χ1) is 15.1. The number of benzene rings is 1. The topological polar surface area (TPSA) is 64.2 Å². The maximum atomic E-state index is 13.8. The summed E-state index contributed by atoms with van der Waals surface area (Å²) in [6.07, 6.45) is 6.99. The molecule has 3 heterocycles.